The molecule has 10 heteroatoms. The van der Waals surface area contributed by atoms with Crippen LogP contribution in [-0.2, 0) is 20.7 Å². The number of rotatable bonds is 9. The maximum atomic E-state index is 13.0. The maximum Gasteiger partial charge on any atom is 0.328 e. The van der Waals surface area contributed by atoms with E-state index in [-0.39, 0.29) is 18.3 Å². The first-order chi connectivity index (χ1) is 19.0. The molecule has 0 aliphatic heterocycles. The van der Waals surface area contributed by atoms with Crippen molar-refractivity contribution in [1.29, 1.82) is 5.26 Å². The van der Waals surface area contributed by atoms with Crippen molar-refractivity contribution < 1.29 is 14.3 Å². The fourth-order valence-electron chi connectivity index (χ4n) is 4.53. The third-order valence-electron chi connectivity index (χ3n) is 6.29. The van der Waals surface area contributed by atoms with E-state index in [0.717, 1.165) is 32.9 Å². The molecule has 0 saturated carbocycles. The van der Waals surface area contributed by atoms with Crippen LogP contribution in [-0.4, -0.2) is 44.8 Å². The molecule has 0 saturated heterocycles. The number of imidazole rings is 1. The van der Waals surface area contributed by atoms with Gasteiger partial charge in [-0.3, -0.25) is 9.36 Å². The first-order valence-electron chi connectivity index (χ1n) is 12.3. The molecule has 0 fully saturated rings. The van der Waals surface area contributed by atoms with Gasteiger partial charge in [0.2, 0.25) is 5.91 Å². The van der Waals surface area contributed by atoms with Gasteiger partial charge < -0.3 is 15.0 Å². The minimum atomic E-state index is -0.828. The van der Waals surface area contributed by atoms with Crippen molar-refractivity contribution in [2.75, 3.05) is 12.4 Å². The van der Waals surface area contributed by atoms with Crippen LogP contribution in [0, 0.1) is 11.3 Å². The van der Waals surface area contributed by atoms with Crippen LogP contribution in [0.15, 0.2) is 82.8 Å². The summed E-state index contributed by atoms with van der Waals surface area (Å²) in [5.74, 6) is -0.746. The lowest BCUT2D eigenvalue weighted by Gasteiger charge is -2.17. The van der Waals surface area contributed by atoms with Crippen LogP contribution < -0.4 is 5.32 Å². The van der Waals surface area contributed by atoms with Crippen molar-refractivity contribution >= 4 is 61.2 Å². The van der Waals surface area contributed by atoms with Gasteiger partial charge in [-0.2, -0.15) is 5.26 Å². The van der Waals surface area contributed by atoms with Crippen LogP contribution in [0.3, 0.4) is 0 Å². The number of carbonyl (C=O) groups excluding carboxylic acids is 2. The van der Waals surface area contributed by atoms with Crippen molar-refractivity contribution in [3.63, 3.8) is 0 Å². The zero-order valence-corrected chi connectivity index (χ0v) is 23.4. The fourth-order valence-corrected chi connectivity index (χ4v) is 5.91. The Morgan fingerprint density at radius 1 is 1.13 bits per heavy atom. The lowest BCUT2D eigenvalue weighted by atomic mass is 10.0. The fraction of sp³-hybridized carbons (Fsp3) is 0.172. The zero-order valence-electron chi connectivity index (χ0n) is 21.0. The molecule has 3 aromatic carbocycles. The number of para-hydroxylation sites is 1. The third kappa shape index (κ3) is 5.55. The minimum Gasteiger partial charge on any atom is -0.464 e. The van der Waals surface area contributed by atoms with E-state index in [1.165, 1.54) is 11.8 Å². The van der Waals surface area contributed by atoms with Gasteiger partial charge in [0.15, 0.2) is 5.16 Å². The number of aromatic amines is 1. The van der Waals surface area contributed by atoms with Crippen molar-refractivity contribution in [2.45, 2.75) is 24.5 Å². The van der Waals surface area contributed by atoms with E-state index in [2.05, 4.69) is 37.3 Å². The smallest absolute Gasteiger partial charge is 0.328 e. The van der Waals surface area contributed by atoms with Crippen LogP contribution in [0.1, 0.15) is 18.1 Å². The third-order valence-corrected chi connectivity index (χ3v) is 7.80. The molecule has 0 bridgehead atoms. The minimum absolute atomic E-state index is 0.0431. The Labute approximate surface area is 237 Å². The van der Waals surface area contributed by atoms with Crippen molar-refractivity contribution in [1.82, 2.24) is 19.9 Å². The van der Waals surface area contributed by atoms with E-state index in [9.17, 15) is 14.9 Å². The predicted molar refractivity (Wildman–Crippen MR) is 155 cm³/mol. The van der Waals surface area contributed by atoms with Gasteiger partial charge in [-0.1, -0.05) is 54.2 Å². The largest absolute Gasteiger partial charge is 0.464 e. The number of halogens is 1. The van der Waals surface area contributed by atoms with E-state index in [1.54, 1.807) is 19.2 Å². The first-order valence-corrected chi connectivity index (χ1v) is 14.1. The van der Waals surface area contributed by atoms with E-state index in [4.69, 9.17) is 4.74 Å². The second-order valence-corrected chi connectivity index (χ2v) is 10.5. The Morgan fingerprint density at radius 2 is 1.87 bits per heavy atom. The summed E-state index contributed by atoms with van der Waals surface area (Å²) in [6.07, 6.45) is 3.83. The van der Waals surface area contributed by atoms with Gasteiger partial charge in [-0.25, -0.2) is 9.78 Å². The van der Waals surface area contributed by atoms with Crippen LogP contribution in [0.25, 0.3) is 27.4 Å². The summed E-state index contributed by atoms with van der Waals surface area (Å²) in [4.78, 5) is 33.5. The van der Waals surface area contributed by atoms with Crippen LogP contribution in [0.2, 0.25) is 0 Å². The number of nitrogens with one attached hydrogen (secondary N) is 2. The van der Waals surface area contributed by atoms with Gasteiger partial charge in [0.1, 0.15) is 10.6 Å². The molecule has 1 atom stereocenters. The Bertz CT molecular complexity index is 1720. The van der Waals surface area contributed by atoms with Crippen LogP contribution in [0.4, 0.5) is 0 Å². The molecule has 196 valence electrons. The number of esters is 1. The van der Waals surface area contributed by atoms with E-state index in [1.807, 2.05) is 65.4 Å². The average molecular weight is 603 g/mol. The average Bonchev–Trinajstić information content (AvgIpc) is 3.54. The molecule has 2 heterocycles. The van der Waals surface area contributed by atoms with Gasteiger partial charge in [0.05, 0.1) is 35.9 Å². The quantitative estimate of drug-likeness (QED) is 0.170. The summed E-state index contributed by atoms with van der Waals surface area (Å²) in [6, 6.07) is 20.5. The second kappa shape index (κ2) is 11.8. The first kappa shape index (κ1) is 26.5. The van der Waals surface area contributed by atoms with Gasteiger partial charge >= 0.3 is 5.97 Å². The number of thioether (sulfide) groups is 1. The van der Waals surface area contributed by atoms with Crippen molar-refractivity contribution in [3.05, 3.63) is 88.8 Å². The Balaban J connectivity index is 1.35. The molecule has 0 radical (unpaired) electrons. The molecule has 39 heavy (non-hydrogen) atoms. The number of carbonyl (C=O) groups is 2. The topological polar surface area (TPSA) is 113 Å². The molecule has 1 amide bonds. The zero-order chi connectivity index (χ0) is 27.4. The number of hydrogen-bond donors (Lipinski definition) is 2. The summed E-state index contributed by atoms with van der Waals surface area (Å²) in [5, 5.41) is 15.7. The Kier molecular flexibility index (Phi) is 8.00. The Hall–Kier alpha value is -4.07. The molecule has 1 unspecified atom stereocenters. The lowest BCUT2D eigenvalue weighted by Crippen LogP contribution is -2.44. The summed E-state index contributed by atoms with van der Waals surface area (Å²) >= 11 is 4.82. The molecule has 5 rings (SSSR count). The van der Waals surface area contributed by atoms with E-state index >= 15 is 0 Å². The molecule has 0 aliphatic carbocycles. The van der Waals surface area contributed by atoms with Crippen molar-refractivity contribution in [2.24, 2.45) is 0 Å². The summed E-state index contributed by atoms with van der Waals surface area (Å²) in [5.41, 5.74) is 3.30. The lowest BCUT2D eigenvalue weighted by molar-refractivity contribution is -0.147. The second-order valence-electron chi connectivity index (χ2n) is 8.71. The number of H-pyrrole nitrogens is 1. The molecular weight excluding hydrogens is 578 g/mol. The highest BCUT2D eigenvalue weighted by Crippen LogP contribution is 2.32. The van der Waals surface area contributed by atoms with Crippen LogP contribution in [0.5, 0.6) is 0 Å². The molecule has 2 N–H and O–H groups in total. The number of ether oxygens (including phenoxy) is 1. The molecule has 2 aromatic heterocycles. The number of fused-ring (bicyclic) bond motifs is 2. The number of amides is 1. The van der Waals surface area contributed by atoms with Crippen LogP contribution >= 0.6 is 27.7 Å². The SMILES string of the molecule is CCOC(=O)C(Cc1c[nH]c2ccccc12)NC(=O)CSc1ncc(Br)n1-c1ccc(C#N)c2ccccc12. The number of hydrogen-bond acceptors (Lipinski definition) is 6. The molecule has 0 spiro atoms. The highest BCUT2D eigenvalue weighted by Gasteiger charge is 2.24. The summed E-state index contributed by atoms with van der Waals surface area (Å²) < 4.78 is 7.86. The maximum absolute atomic E-state index is 13.0. The normalized spacial score (nSPS) is 11.8. The molecule has 0 aliphatic rings. The number of nitriles is 1. The van der Waals surface area contributed by atoms with Gasteiger partial charge in [0, 0.05) is 34.3 Å². The van der Waals surface area contributed by atoms with Crippen molar-refractivity contribution in [3.8, 4) is 11.8 Å². The predicted octanol–water partition coefficient (Wildman–Crippen LogP) is 5.52. The highest BCUT2D eigenvalue weighted by molar-refractivity contribution is 9.10. The van der Waals surface area contributed by atoms with E-state index < -0.39 is 12.0 Å². The standard InChI is InChI=1S/C29H24BrN5O3S/c1-2-38-28(37)24(13-19-15-32-23-10-6-5-8-21(19)23)34-27(36)17-39-29-33-16-26(30)35(29)25-12-11-18(14-31)20-7-3-4-9-22(20)25/h3-12,15-16,24,32H,2,13,17H2,1H3,(H,34,36). The number of benzene rings is 3. The number of nitrogens with zero attached hydrogens (tertiary/aromatic N) is 3. The molecule has 8 nitrogen and oxygen atoms in total. The molecule has 5 aromatic rings. The molecular formula is C29H24BrN5O3S. The van der Waals surface area contributed by atoms with Gasteiger partial charge in [-0.15, -0.1) is 0 Å². The summed E-state index contributed by atoms with van der Waals surface area (Å²) in [7, 11) is 0. The Morgan fingerprint density at radius 3 is 2.64 bits per heavy atom. The van der Waals surface area contributed by atoms with E-state index in [0.29, 0.717) is 21.7 Å². The monoisotopic (exact) mass is 601 g/mol. The summed E-state index contributed by atoms with van der Waals surface area (Å²) in [6.45, 7) is 1.96. The number of aromatic nitrogens is 3. The van der Waals surface area contributed by atoms with Gasteiger partial charge in [0.25, 0.3) is 0 Å². The van der Waals surface area contributed by atoms with Gasteiger partial charge in [-0.05, 0) is 46.6 Å². The highest BCUT2D eigenvalue weighted by atomic mass is 79.9.